The summed E-state index contributed by atoms with van der Waals surface area (Å²) in [6.45, 7) is 0.847. The van der Waals surface area contributed by atoms with E-state index in [0.29, 0.717) is 18.8 Å². The summed E-state index contributed by atoms with van der Waals surface area (Å²) < 4.78 is 0. The molecule has 0 bridgehead atoms. The predicted molar refractivity (Wildman–Crippen MR) is 111 cm³/mol. The third kappa shape index (κ3) is 3.67. The molecule has 2 amide bonds. The predicted octanol–water partition coefficient (Wildman–Crippen LogP) is 2.18. The van der Waals surface area contributed by atoms with Crippen molar-refractivity contribution < 1.29 is 9.59 Å². The van der Waals surface area contributed by atoms with Crippen LogP contribution in [0.5, 0.6) is 0 Å². The van der Waals surface area contributed by atoms with Gasteiger partial charge in [0.25, 0.3) is 11.8 Å². The smallest absolute Gasteiger partial charge is 0.270 e. The number of likely N-dealkylation sites (N-methyl/N-ethyl adjacent to an activating group) is 1. The number of aliphatic imine (C=N–C) groups is 1. The van der Waals surface area contributed by atoms with Crippen LogP contribution < -0.4 is 15.5 Å². The van der Waals surface area contributed by atoms with E-state index in [1.54, 1.807) is 11.9 Å². The van der Waals surface area contributed by atoms with Crippen LogP contribution in [0.3, 0.4) is 0 Å². The van der Waals surface area contributed by atoms with Crippen molar-refractivity contribution in [3.63, 3.8) is 0 Å². The zero-order chi connectivity index (χ0) is 19.5. The number of para-hydroxylation sites is 2. The number of nitrogens with one attached hydrogen (secondary N) is 2. The molecule has 28 heavy (non-hydrogen) atoms. The lowest BCUT2D eigenvalue weighted by Gasteiger charge is -2.21. The molecule has 4 rings (SSSR count). The van der Waals surface area contributed by atoms with Gasteiger partial charge in [-0.1, -0.05) is 42.5 Å². The average molecular weight is 374 g/mol. The number of anilines is 2. The molecule has 2 heterocycles. The molecule has 2 aromatic carbocycles. The summed E-state index contributed by atoms with van der Waals surface area (Å²) in [5.74, 6) is -0.472. The van der Waals surface area contributed by atoms with E-state index in [1.807, 2.05) is 48.5 Å². The second-order valence-electron chi connectivity index (χ2n) is 6.99. The number of fused-ring (bicyclic) bond motifs is 1. The number of hydrogen-bond donors (Lipinski definition) is 2. The lowest BCUT2D eigenvalue weighted by Crippen LogP contribution is -2.51. The van der Waals surface area contributed by atoms with E-state index >= 15 is 0 Å². The van der Waals surface area contributed by atoms with Gasteiger partial charge < -0.3 is 15.5 Å². The largest absolute Gasteiger partial charge is 0.381 e. The molecule has 6 heteroatoms. The first kappa shape index (κ1) is 18.0. The Balaban J connectivity index is 1.42. The maximum atomic E-state index is 12.8. The maximum Gasteiger partial charge on any atom is 0.270 e. The normalized spacial score (nSPS) is 18.5. The number of rotatable bonds is 4. The van der Waals surface area contributed by atoms with Crippen molar-refractivity contribution in [3.05, 3.63) is 71.8 Å². The highest BCUT2D eigenvalue weighted by Crippen LogP contribution is 2.27. The molecule has 2 aromatic rings. The topological polar surface area (TPSA) is 73.8 Å². The summed E-state index contributed by atoms with van der Waals surface area (Å²) >= 11 is 0. The third-order valence-electron chi connectivity index (χ3n) is 5.00. The van der Waals surface area contributed by atoms with E-state index in [9.17, 15) is 9.59 Å². The van der Waals surface area contributed by atoms with Gasteiger partial charge in [-0.2, -0.15) is 0 Å². The average Bonchev–Trinajstić information content (AvgIpc) is 3.15. The van der Waals surface area contributed by atoms with Gasteiger partial charge >= 0.3 is 0 Å². The van der Waals surface area contributed by atoms with Crippen molar-refractivity contribution in [2.45, 2.75) is 12.5 Å². The number of carbonyl (C=O) groups excluding carboxylic acids is 2. The molecule has 1 atom stereocenters. The molecule has 2 aliphatic rings. The SMILES string of the molecule is CN1C(=O)[C@@H](NC(=O)C2=NCC(Cc3ccccc3)=C2)CNc2ccccc21. The Kier molecular flexibility index (Phi) is 4.93. The Hall–Kier alpha value is -3.41. The Morgan fingerprint density at radius 2 is 1.93 bits per heavy atom. The molecule has 2 aliphatic heterocycles. The number of amides is 2. The van der Waals surface area contributed by atoms with Gasteiger partial charge in [-0.25, -0.2) is 0 Å². The monoisotopic (exact) mass is 374 g/mol. The molecule has 142 valence electrons. The van der Waals surface area contributed by atoms with Gasteiger partial charge in [0.1, 0.15) is 11.8 Å². The van der Waals surface area contributed by atoms with Crippen LogP contribution in [0.2, 0.25) is 0 Å². The first-order chi connectivity index (χ1) is 13.6. The molecule has 0 spiro atoms. The minimum absolute atomic E-state index is 0.155. The molecule has 0 saturated carbocycles. The zero-order valence-electron chi connectivity index (χ0n) is 15.7. The van der Waals surface area contributed by atoms with Gasteiger partial charge in [-0.15, -0.1) is 0 Å². The second-order valence-corrected chi connectivity index (χ2v) is 6.99. The Labute approximate surface area is 164 Å². The highest BCUT2D eigenvalue weighted by molar-refractivity contribution is 6.44. The van der Waals surface area contributed by atoms with Gasteiger partial charge in [0, 0.05) is 13.6 Å². The van der Waals surface area contributed by atoms with Crippen molar-refractivity contribution in [2.75, 3.05) is 30.4 Å². The third-order valence-corrected chi connectivity index (χ3v) is 5.00. The molecule has 0 fully saturated rings. The minimum atomic E-state index is -0.654. The Bertz CT molecular complexity index is 966. The summed E-state index contributed by atoms with van der Waals surface area (Å²) in [6, 6.07) is 17.0. The second kappa shape index (κ2) is 7.68. The van der Waals surface area contributed by atoms with Gasteiger partial charge in [-0.3, -0.25) is 14.6 Å². The fourth-order valence-electron chi connectivity index (χ4n) is 3.49. The minimum Gasteiger partial charge on any atom is -0.381 e. The van der Waals surface area contributed by atoms with Crippen molar-refractivity contribution in [1.29, 1.82) is 0 Å². The highest BCUT2D eigenvalue weighted by Gasteiger charge is 2.30. The first-order valence-electron chi connectivity index (χ1n) is 9.31. The van der Waals surface area contributed by atoms with E-state index in [1.165, 1.54) is 5.56 Å². The van der Waals surface area contributed by atoms with E-state index in [0.717, 1.165) is 23.4 Å². The van der Waals surface area contributed by atoms with E-state index in [4.69, 9.17) is 0 Å². The van der Waals surface area contributed by atoms with Gasteiger partial charge in [0.15, 0.2) is 0 Å². The number of carbonyl (C=O) groups is 2. The lowest BCUT2D eigenvalue weighted by molar-refractivity contribution is -0.124. The first-order valence-corrected chi connectivity index (χ1v) is 9.31. The molecule has 0 aliphatic carbocycles. The van der Waals surface area contributed by atoms with Crippen LogP contribution in [0, 0.1) is 0 Å². The van der Waals surface area contributed by atoms with E-state index in [-0.39, 0.29) is 11.8 Å². The van der Waals surface area contributed by atoms with Crippen LogP contribution in [-0.4, -0.2) is 43.7 Å². The highest BCUT2D eigenvalue weighted by atomic mass is 16.2. The summed E-state index contributed by atoms with van der Waals surface area (Å²) in [6.07, 6.45) is 2.60. The Morgan fingerprint density at radius 3 is 2.75 bits per heavy atom. The van der Waals surface area contributed by atoms with E-state index < -0.39 is 6.04 Å². The number of hydrogen-bond acceptors (Lipinski definition) is 4. The summed E-state index contributed by atoms with van der Waals surface area (Å²) in [7, 11) is 1.72. The van der Waals surface area contributed by atoms with Crippen molar-refractivity contribution >= 4 is 28.9 Å². The molecule has 0 aromatic heterocycles. The van der Waals surface area contributed by atoms with Crippen LogP contribution in [0.4, 0.5) is 11.4 Å². The lowest BCUT2D eigenvalue weighted by atomic mass is 10.1. The molecule has 2 N–H and O–H groups in total. The van der Waals surface area contributed by atoms with Crippen LogP contribution in [-0.2, 0) is 16.0 Å². The zero-order valence-corrected chi connectivity index (χ0v) is 15.7. The molecule has 6 nitrogen and oxygen atoms in total. The quantitative estimate of drug-likeness (QED) is 0.862. The van der Waals surface area contributed by atoms with Crippen LogP contribution in [0.15, 0.2) is 71.2 Å². The standard InChI is InChI=1S/C22H22N4O2/c1-26-20-10-6-5-9-17(20)24-14-19(22(26)28)25-21(27)18-12-16(13-23-18)11-15-7-3-2-4-8-15/h2-10,12,19,24H,11,13-14H2,1H3,(H,25,27)/t19-/m0/s1. The number of nitrogens with zero attached hydrogens (tertiary/aromatic N) is 2. The van der Waals surface area contributed by atoms with Gasteiger partial charge in [0.2, 0.25) is 0 Å². The van der Waals surface area contributed by atoms with Crippen molar-refractivity contribution in [3.8, 4) is 0 Å². The summed E-state index contributed by atoms with van der Waals surface area (Å²) in [4.78, 5) is 31.4. The van der Waals surface area contributed by atoms with E-state index in [2.05, 4.69) is 27.8 Å². The van der Waals surface area contributed by atoms with Crippen LogP contribution >= 0.6 is 0 Å². The molecule has 0 unspecified atom stereocenters. The fraction of sp³-hybridized carbons (Fsp3) is 0.227. The maximum absolute atomic E-state index is 12.8. The van der Waals surface area contributed by atoms with Crippen molar-refractivity contribution in [2.24, 2.45) is 4.99 Å². The Morgan fingerprint density at radius 1 is 1.18 bits per heavy atom. The summed E-state index contributed by atoms with van der Waals surface area (Å²) in [5, 5.41) is 6.07. The molecular formula is C22H22N4O2. The summed E-state index contributed by atoms with van der Waals surface area (Å²) in [5.41, 5.74) is 4.33. The molecular weight excluding hydrogens is 352 g/mol. The number of benzene rings is 2. The van der Waals surface area contributed by atoms with Crippen molar-refractivity contribution in [1.82, 2.24) is 5.32 Å². The molecule has 0 radical (unpaired) electrons. The van der Waals surface area contributed by atoms with Crippen LogP contribution in [0.1, 0.15) is 5.56 Å². The van der Waals surface area contributed by atoms with Gasteiger partial charge in [-0.05, 0) is 35.8 Å². The molecule has 0 saturated heterocycles. The fourth-order valence-corrected chi connectivity index (χ4v) is 3.49. The van der Waals surface area contributed by atoms with Crippen LogP contribution in [0.25, 0.3) is 0 Å². The van der Waals surface area contributed by atoms with Gasteiger partial charge in [0.05, 0.1) is 17.9 Å².